The molecule has 0 heterocycles. The Morgan fingerprint density at radius 3 is 2.68 bits per heavy atom. The van der Waals surface area contributed by atoms with Crippen LogP contribution in [0.2, 0.25) is 0 Å². The standard InChI is InChI=1S/C17H24O2/c1-11(2)15-7-5-12(3)16-8-6-14(9-17(15)16)10-19-13(4)18/h6,8-9,11-12,15H,5,7,10H2,1-4H3/t12-,15-/m0/s1. The fourth-order valence-corrected chi connectivity index (χ4v) is 3.10. The van der Waals surface area contributed by atoms with Crippen molar-refractivity contribution in [2.24, 2.45) is 5.92 Å². The largest absolute Gasteiger partial charge is 0.461 e. The summed E-state index contributed by atoms with van der Waals surface area (Å²) in [4.78, 5) is 10.9. The molecule has 0 aromatic heterocycles. The second-order valence-electron chi connectivity index (χ2n) is 6.07. The zero-order valence-corrected chi connectivity index (χ0v) is 12.4. The summed E-state index contributed by atoms with van der Waals surface area (Å²) in [6.07, 6.45) is 2.54. The lowest BCUT2D eigenvalue weighted by atomic mass is 9.73. The van der Waals surface area contributed by atoms with Crippen LogP contribution in [0.5, 0.6) is 0 Å². The molecule has 104 valence electrons. The number of fused-ring (bicyclic) bond motifs is 1. The van der Waals surface area contributed by atoms with Crippen LogP contribution in [-0.4, -0.2) is 5.97 Å². The van der Waals surface area contributed by atoms with Gasteiger partial charge in [0.15, 0.2) is 0 Å². The molecule has 2 heteroatoms. The van der Waals surface area contributed by atoms with Gasteiger partial charge in [-0.25, -0.2) is 0 Å². The van der Waals surface area contributed by atoms with Crippen molar-refractivity contribution in [1.82, 2.24) is 0 Å². The zero-order valence-electron chi connectivity index (χ0n) is 12.4. The van der Waals surface area contributed by atoms with Gasteiger partial charge in [0.05, 0.1) is 0 Å². The number of rotatable bonds is 3. The second-order valence-corrected chi connectivity index (χ2v) is 6.07. The quantitative estimate of drug-likeness (QED) is 0.754. The number of ether oxygens (including phenoxy) is 1. The summed E-state index contributed by atoms with van der Waals surface area (Å²) < 4.78 is 5.10. The first-order valence-corrected chi connectivity index (χ1v) is 7.25. The summed E-state index contributed by atoms with van der Waals surface area (Å²) in [6.45, 7) is 8.74. The van der Waals surface area contributed by atoms with Gasteiger partial charge in [-0.3, -0.25) is 4.79 Å². The average Bonchev–Trinajstić information content (AvgIpc) is 2.36. The third-order valence-corrected chi connectivity index (χ3v) is 4.24. The Kier molecular flexibility index (Phi) is 4.28. The fraction of sp³-hybridized carbons (Fsp3) is 0.588. The predicted octanol–water partition coefficient (Wildman–Crippen LogP) is 4.39. The van der Waals surface area contributed by atoms with E-state index in [1.54, 1.807) is 0 Å². The van der Waals surface area contributed by atoms with Crippen LogP contribution in [0.1, 0.15) is 69.1 Å². The van der Waals surface area contributed by atoms with Gasteiger partial charge >= 0.3 is 5.97 Å². The number of carbonyl (C=O) groups excluding carboxylic acids is 1. The van der Waals surface area contributed by atoms with Crippen molar-refractivity contribution in [3.05, 3.63) is 34.9 Å². The van der Waals surface area contributed by atoms with Crippen LogP contribution in [-0.2, 0) is 16.1 Å². The Balaban J connectivity index is 2.29. The number of benzene rings is 1. The number of carbonyl (C=O) groups is 1. The molecule has 1 aromatic rings. The van der Waals surface area contributed by atoms with E-state index in [4.69, 9.17) is 4.74 Å². The summed E-state index contributed by atoms with van der Waals surface area (Å²) in [6, 6.07) is 6.58. The average molecular weight is 260 g/mol. The Morgan fingerprint density at radius 2 is 2.05 bits per heavy atom. The molecule has 2 rings (SSSR count). The van der Waals surface area contributed by atoms with E-state index in [1.807, 2.05) is 0 Å². The van der Waals surface area contributed by atoms with Crippen molar-refractivity contribution in [3.8, 4) is 0 Å². The van der Waals surface area contributed by atoms with Gasteiger partial charge in [-0.2, -0.15) is 0 Å². The third kappa shape index (κ3) is 3.17. The van der Waals surface area contributed by atoms with Gasteiger partial charge in [-0.05, 0) is 47.3 Å². The molecule has 0 aliphatic heterocycles. The van der Waals surface area contributed by atoms with Crippen LogP contribution in [0.4, 0.5) is 0 Å². The number of hydrogen-bond donors (Lipinski definition) is 0. The minimum absolute atomic E-state index is 0.216. The highest BCUT2D eigenvalue weighted by Gasteiger charge is 2.26. The molecule has 0 fully saturated rings. The van der Waals surface area contributed by atoms with E-state index in [2.05, 4.69) is 39.0 Å². The summed E-state index contributed by atoms with van der Waals surface area (Å²) in [7, 11) is 0. The van der Waals surface area contributed by atoms with Crippen molar-refractivity contribution in [3.63, 3.8) is 0 Å². The normalized spacial score (nSPS) is 22.2. The molecule has 0 saturated heterocycles. The van der Waals surface area contributed by atoms with Gasteiger partial charge in [0.2, 0.25) is 0 Å². The smallest absolute Gasteiger partial charge is 0.302 e. The predicted molar refractivity (Wildman–Crippen MR) is 77.1 cm³/mol. The van der Waals surface area contributed by atoms with Crippen molar-refractivity contribution < 1.29 is 9.53 Å². The van der Waals surface area contributed by atoms with Crippen LogP contribution in [0.25, 0.3) is 0 Å². The molecule has 2 nitrogen and oxygen atoms in total. The Hall–Kier alpha value is -1.31. The first-order chi connectivity index (χ1) is 8.99. The minimum Gasteiger partial charge on any atom is -0.461 e. The lowest BCUT2D eigenvalue weighted by Crippen LogP contribution is -2.17. The molecular weight excluding hydrogens is 236 g/mol. The van der Waals surface area contributed by atoms with Crippen molar-refractivity contribution in [2.75, 3.05) is 0 Å². The van der Waals surface area contributed by atoms with Crippen molar-refractivity contribution >= 4 is 5.97 Å². The highest BCUT2D eigenvalue weighted by molar-refractivity contribution is 5.65. The fourth-order valence-electron chi connectivity index (χ4n) is 3.10. The topological polar surface area (TPSA) is 26.3 Å². The first kappa shape index (κ1) is 14.1. The molecule has 0 spiro atoms. The molecule has 19 heavy (non-hydrogen) atoms. The molecule has 1 aliphatic carbocycles. The highest BCUT2D eigenvalue weighted by Crippen LogP contribution is 2.42. The second kappa shape index (κ2) is 5.77. The molecule has 0 radical (unpaired) electrons. The molecule has 0 saturated carbocycles. The Bertz CT molecular complexity index is 462. The molecule has 0 amide bonds. The summed E-state index contributed by atoms with van der Waals surface area (Å²) in [5, 5.41) is 0. The number of hydrogen-bond acceptors (Lipinski definition) is 2. The molecule has 2 atom stereocenters. The van der Waals surface area contributed by atoms with E-state index in [0.717, 1.165) is 5.56 Å². The SMILES string of the molecule is CC(=O)OCc1ccc2c(c1)[C@H](C(C)C)CC[C@@H]2C. The zero-order chi connectivity index (χ0) is 14.0. The first-order valence-electron chi connectivity index (χ1n) is 7.25. The summed E-state index contributed by atoms with van der Waals surface area (Å²) in [5.74, 6) is 1.73. The molecule has 1 aliphatic rings. The van der Waals surface area contributed by atoms with Crippen LogP contribution in [0.15, 0.2) is 18.2 Å². The number of esters is 1. The lowest BCUT2D eigenvalue weighted by molar-refractivity contribution is -0.142. The van der Waals surface area contributed by atoms with Gasteiger partial charge in [-0.1, -0.05) is 39.0 Å². The van der Waals surface area contributed by atoms with Gasteiger partial charge < -0.3 is 4.74 Å². The molecule has 0 unspecified atom stereocenters. The third-order valence-electron chi connectivity index (χ3n) is 4.24. The van der Waals surface area contributed by atoms with Gasteiger partial charge in [0, 0.05) is 6.92 Å². The minimum atomic E-state index is -0.216. The van der Waals surface area contributed by atoms with E-state index in [0.29, 0.717) is 24.4 Å². The Labute approximate surface area is 116 Å². The monoisotopic (exact) mass is 260 g/mol. The van der Waals surface area contributed by atoms with Crippen LogP contribution >= 0.6 is 0 Å². The maximum atomic E-state index is 10.9. The maximum Gasteiger partial charge on any atom is 0.302 e. The van der Waals surface area contributed by atoms with E-state index < -0.39 is 0 Å². The van der Waals surface area contributed by atoms with E-state index >= 15 is 0 Å². The van der Waals surface area contributed by atoms with E-state index in [9.17, 15) is 4.79 Å². The van der Waals surface area contributed by atoms with Crippen molar-refractivity contribution in [1.29, 1.82) is 0 Å². The lowest BCUT2D eigenvalue weighted by Gasteiger charge is -2.32. The van der Waals surface area contributed by atoms with Gasteiger partial charge in [-0.15, -0.1) is 0 Å². The van der Waals surface area contributed by atoms with Crippen LogP contribution < -0.4 is 0 Å². The van der Waals surface area contributed by atoms with E-state index in [-0.39, 0.29) is 5.97 Å². The van der Waals surface area contributed by atoms with Gasteiger partial charge in [0.1, 0.15) is 6.61 Å². The highest BCUT2D eigenvalue weighted by atomic mass is 16.5. The van der Waals surface area contributed by atoms with Crippen LogP contribution in [0.3, 0.4) is 0 Å². The molecular formula is C17H24O2. The molecule has 0 N–H and O–H groups in total. The summed E-state index contributed by atoms with van der Waals surface area (Å²) in [5.41, 5.74) is 4.06. The maximum absolute atomic E-state index is 10.9. The van der Waals surface area contributed by atoms with Crippen molar-refractivity contribution in [2.45, 2.75) is 59.0 Å². The molecule has 1 aromatic carbocycles. The van der Waals surface area contributed by atoms with Crippen LogP contribution in [0, 0.1) is 5.92 Å². The summed E-state index contributed by atoms with van der Waals surface area (Å²) >= 11 is 0. The molecule has 0 bridgehead atoms. The van der Waals surface area contributed by atoms with Gasteiger partial charge in [0.25, 0.3) is 0 Å². The Morgan fingerprint density at radius 1 is 1.32 bits per heavy atom. The van der Waals surface area contributed by atoms with E-state index in [1.165, 1.54) is 30.9 Å².